The number of carboxylic acids is 1. The van der Waals surface area contributed by atoms with E-state index in [2.05, 4.69) is 0 Å². The zero-order valence-corrected chi connectivity index (χ0v) is 11.2. The molecule has 3 rings (SSSR count). The normalized spacial score (nSPS) is 27.5. The number of carboxylic acid groups (broad SMARTS) is 1. The smallest absolute Gasteiger partial charge is 0.310 e. The van der Waals surface area contributed by atoms with Gasteiger partial charge in [-0.3, -0.25) is 9.59 Å². The van der Waals surface area contributed by atoms with Crippen LogP contribution in [0.25, 0.3) is 0 Å². The Morgan fingerprint density at radius 1 is 1.16 bits per heavy atom. The van der Waals surface area contributed by atoms with E-state index >= 15 is 0 Å². The van der Waals surface area contributed by atoms with Crippen molar-refractivity contribution in [2.75, 3.05) is 19.7 Å². The highest BCUT2D eigenvalue weighted by Crippen LogP contribution is 2.45. The van der Waals surface area contributed by atoms with E-state index in [0.717, 1.165) is 19.3 Å². The van der Waals surface area contributed by atoms with E-state index in [1.54, 1.807) is 0 Å². The highest BCUT2D eigenvalue weighted by atomic mass is 16.5. The number of amides is 1. The zero-order valence-electron chi connectivity index (χ0n) is 11.2. The second-order valence-corrected chi connectivity index (χ2v) is 6.32. The molecule has 1 aliphatic heterocycles. The van der Waals surface area contributed by atoms with Crippen LogP contribution in [-0.2, 0) is 14.3 Å². The quantitative estimate of drug-likeness (QED) is 0.839. The molecule has 0 atom stereocenters. The van der Waals surface area contributed by atoms with Crippen LogP contribution in [0.5, 0.6) is 0 Å². The summed E-state index contributed by atoms with van der Waals surface area (Å²) in [5, 5.41) is 9.30. The molecule has 0 aromatic heterocycles. The second kappa shape index (κ2) is 4.47. The van der Waals surface area contributed by atoms with Gasteiger partial charge >= 0.3 is 5.97 Å². The van der Waals surface area contributed by atoms with E-state index in [4.69, 9.17) is 4.74 Å². The lowest BCUT2D eigenvalue weighted by Gasteiger charge is -2.49. The maximum absolute atomic E-state index is 12.3. The Balaban J connectivity index is 1.62. The SMILES string of the molecule is O=C(CC1(C(=O)O)CCC1)N1CCOC2(CCC2)C1. The molecule has 2 aliphatic carbocycles. The summed E-state index contributed by atoms with van der Waals surface area (Å²) in [6.07, 6.45) is 5.60. The van der Waals surface area contributed by atoms with E-state index in [-0.39, 0.29) is 17.9 Å². The summed E-state index contributed by atoms with van der Waals surface area (Å²) in [6.45, 7) is 1.85. The summed E-state index contributed by atoms with van der Waals surface area (Å²) in [5.74, 6) is -0.810. The predicted molar refractivity (Wildman–Crippen MR) is 67.7 cm³/mol. The number of hydrogen-bond donors (Lipinski definition) is 1. The molecule has 0 bridgehead atoms. The molecule has 0 unspecified atom stereocenters. The van der Waals surface area contributed by atoms with Crippen molar-refractivity contribution >= 4 is 11.9 Å². The fraction of sp³-hybridized carbons (Fsp3) is 0.857. The van der Waals surface area contributed by atoms with Crippen molar-refractivity contribution in [1.29, 1.82) is 0 Å². The van der Waals surface area contributed by atoms with Gasteiger partial charge in [-0.1, -0.05) is 6.42 Å². The van der Waals surface area contributed by atoms with Crippen LogP contribution in [0.15, 0.2) is 0 Å². The van der Waals surface area contributed by atoms with Crippen LogP contribution in [0.4, 0.5) is 0 Å². The second-order valence-electron chi connectivity index (χ2n) is 6.32. The summed E-state index contributed by atoms with van der Waals surface area (Å²) in [7, 11) is 0. The molecule has 1 N–H and O–H groups in total. The molecule has 0 aromatic rings. The standard InChI is InChI=1S/C14H21NO4/c16-11(9-13(12(17)18)3-1-4-13)15-7-8-19-14(10-15)5-2-6-14/h1-10H2,(H,17,18). The van der Waals surface area contributed by atoms with Gasteiger partial charge in [-0.15, -0.1) is 0 Å². The van der Waals surface area contributed by atoms with Gasteiger partial charge in [-0.2, -0.15) is 0 Å². The number of carbonyl (C=O) groups is 2. The fourth-order valence-corrected chi connectivity index (χ4v) is 3.40. The number of hydrogen-bond acceptors (Lipinski definition) is 3. The van der Waals surface area contributed by atoms with Crippen molar-refractivity contribution in [3.63, 3.8) is 0 Å². The third-order valence-corrected chi connectivity index (χ3v) is 5.12. The largest absolute Gasteiger partial charge is 0.481 e. The van der Waals surface area contributed by atoms with E-state index in [0.29, 0.717) is 32.5 Å². The number of carbonyl (C=O) groups excluding carboxylic acids is 1. The van der Waals surface area contributed by atoms with Crippen LogP contribution < -0.4 is 0 Å². The number of rotatable bonds is 3. The van der Waals surface area contributed by atoms with Crippen molar-refractivity contribution in [1.82, 2.24) is 4.90 Å². The van der Waals surface area contributed by atoms with Crippen molar-refractivity contribution in [2.24, 2.45) is 5.41 Å². The number of aliphatic carboxylic acids is 1. The van der Waals surface area contributed by atoms with E-state index in [1.807, 2.05) is 4.90 Å². The lowest BCUT2D eigenvalue weighted by Crippen LogP contribution is -2.58. The minimum atomic E-state index is -0.807. The zero-order chi connectivity index (χ0) is 13.5. The average Bonchev–Trinajstić information content (AvgIpc) is 2.31. The van der Waals surface area contributed by atoms with Crippen LogP contribution in [-0.4, -0.2) is 47.2 Å². The molecular weight excluding hydrogens is 246 g/mol. The number of ether oxygens (including phenoxy) is 1. The molecule has 1 amide bonds. The summed E-state index contributed by atoms with van der Waals surface area (Å²) in [4.78, 5) is 25.5. The third-order valence-electron chi connectivity index (χ3n) is 5.12. The van der Waals surface area contributed by atoms with Crippen molar-refractivity contribution < 1.29 is 19.4 Å². The molecule has 19 heavy (non-hydrogen) atoms. The van der Waals surface area contributed by atoms with Gasteiger partial charge in [-0.05, 0) is 32.1 Å². The maximum atomic E-state index is 12.3. The summed E-state index contributed by atoms with van der Waals surface area (Å²) < 4.78 is 5.79. The molecule has 2 saturated carbocycles. The fourth-order valence-electron chi connectivity index (χ4n) is 3.40. The first-order valence-corrected chi connectivity index (χ1v) is 7.21. The topological polar surface area (TPSA) is 66.8 Å². The Morgan fingerprint density at radius 2 is 1.84 bits per heavy atom. The van der Waals surface area contributed by atoms with E-state index in [9.17, 15) is 14.7 Å². The molecule has 1 heterocycles. The lowest BCUT2D eigenvalue weighted by atomic mass is 9.66. The Morgan fingerprint density at radius 3 is 2.32 bits per heavy atom. The number of morpholine rings is 1. The summed E-state index contributed by atoms with van der Waals surface area (Å²) in [6, 6.07) is 0. The molecule has 0 radical (unpaired) electrons. The third kappa shape index (κ3) is 2.14. The molecule has 1 saturated heterocycles. The summed E-state index contributed by atoms with van der Waals surface area (Å²) >= 11 is 0. The Bertz CT molecular complexity index is 398. The van der Waals surface area contributed by atoms with E-state index < -0.39 is 11.4 Å². The Labute approximate surface area is 112 Å². The van der Waals surface area contributed by atoms with Gasteiger partial charge in [0, 0.05) is 19.5 Å². The van der Waals surface area contributed by atoms with Crippen molar-refractivity contribution in [2.45, 2.75) is 50.5 Å². The molecule has 1 spiro atoms. The molecule has 5 nitrogen and oxygen atoms in total. The Hall–Kier alpha value is -1.10. The van der Waals surface area contributed by atoms with Crippen molar-refractivity contribution in [3.05, 3.63) is 0 Å². The number of nitrogens with zero attached hydrogens (tertiary/aromatic N) is 1. The lowest BCUT2D eigenvalue weighted by molar-refractivity contribution is -0.173. The highest BCUT2D eigenvalue weighted by Gasteiger charge is 2.48. The molecule has 5 heteroatoms. The van der Waals surface area contributed by atoms with Crippen molar-refractivity contribution in [3.8, 4) is 0 Å². The molecule has 106 valence electrons. The van der Waals surface area contributed by atoms with Gasteiger partial charge in [0.25, 0.3) is 0 Å². The minimum Gasteiger partial charge on any atom is -0.481 e. The molecular formula is C14H21NO4. The van der Waals surface area contributed by atoms with Gasteiger partial charge in [0.15, 0.2) is 0 Å². The van der Waals surface area contributed by atoms with Crippen LogP contribution >= 0.6 is 0 Å². The van der Waals surface area contributed by atoms with Crippen LogP contribution in [0.1, 0.15) is 44.9 Å². The first-order chi connectivity index (χ1) is 9.05. The van der Waals surface area contributed by atoms with Gasteiger partial charge < -0.3 is 14.7 Å². The average molecular weight is 267 g/mol. The summed E-state index contributed by atoms with van der Waals surface area (Å²) in [5.41, 5.74) is -0.883. The van der Waals surface area contributed by atoms with E-state index in [1.165, 1.54) is 6.42 Å². The van der Waals surface area contributed by atoms with Gasteiger partial charge in [-0.25, -0.2) is 0 Å². The van der Waals surface area contributed by atoms with Gasteiger partial charge in [0.1, 0.15) is 0 Å². The van der Waals surface area contributed by atoms with Crippen LogP contribution in [0, 0.1) is 5.41 Å². The first kappa shape index (κ1) is 12.9. The maximum Gasteiger partial charge on any atom is 0.310 e. The van der Waals surface area contributed by atoms with Crippen LogP contribution in [0.2, 0.25) is 0 Å². The highest BCUT2D eigenvalue weighted by molar-refractivity contribution is 5.85. The van der Waals surface area contributed by atoms with Crippen LogP contribution in [0.3, 0.4) is 0 Å². The molecule has 3 aliphatic rings. The molecule has 0 aromatic carbocycles. The first-order valence-electron chi connectivity index (χ1n) is 7.21. The minimum absolute atomic E-state index is 0.00308. The predicted octanol–water partition coefficient (Wildman–Crippen LogP) is 1.41. The van der Waals surface area contributed by atoms with Gasteiger partial charge in [0.2, 0.25) is 5.91 Å². The van der Waals surface area contributed by atoms with Gasteiger partial charge in [0.05, 0.1) is 17.6 Å². The molecule has 3 fully saturated rings. The monoisotopic (exact) mass is 267 g/mol. The Kier molecular flexibility index (Phi) is 3.04.